The summed E-state index contributed by atoms with van der Waals surface area (Å²) in [5.74, 6) is 0.842. The third kappa shape index (κ3) is 4.12. The van der Waals surface area contributed by atoms with E-state index in [-0.39, 0.29) is 0 Å². The van der Waals surface area contributed by atoms with Gasteiger partial charge in [0.1, 0.15) is 12.4 Å². The number of nitriles is 1. The Hall–Kier alpha value is -3.31. The second kappa shape index (κ2) is 7.80. The van der Waals surface area contributed by atoms with Crippen LogP contribution < -0.4 is 4.74 Å². The number of para-hydroxylation sites is 1. The van der Waals surface area contributed by atoms with Gasteiger partial charge in [-0.05, 0) is 29.3 Å². The van der Waals surface area contributed by atoms with Gasteiger partial charge in [0.15, 0.2) is 0 Å². The van der Waals surface area contributed by atoms with Crippen LogP contribution in [0.5, 0.6) is 5.75 Å². The largest absolute Gasteiger partial charge is 0.488 e. The van der Waals surface area contributed by atoms with Crippen molar-refractivity contribution in [2.45, 2.75) is 6.61 Å². The van der Waals surface area contributed by atoms with Crippen LogP contribution in [0.2, 0.25) is 0 Å². The highest BCUT2D eigenvalue weighted by Crippen LogP contribution is 2.22. The molecule has 0 bridgehead atoms. The Morgan fingerprint density at radius 2 is 1.62 bits per heavy atom. The van der Waals surface area contributed by atoms with Gasteiger partial charge in [-0.25, -0.2) is 0 Å². The van der Waals surface area contributed by atoms with Crippen molar-refractivity contribution in [3.8, 4) is 11.8 Å². The quantitative estimate of drug-likeness (QED) is 0.598. The predicted molar refractivity (Wildman–Crippen MR) is 97.3 cm³/mol. The molecule has 0 N–H and O–H groups in total. The molecular weight excluding hydrogens is 294 g/mol. The van der Waals surface area contributed by atoms with Crippen molar-refractivity contribution in [2.24, 2.45) is 0 Å². The lowest BCUT2D eigenvalue weighted by molar-refractivity contribution is 0.305. The number of hydrogen-bond acceptors (Lipinski definition) is 2. The molecule has 0 fully saturated rings. The van der Waals surface area contributed by atoms with Crippen LogP contribution in [-0.4, -0.2) is 0 Å². The van der Waals surface area contributed by atoms with Crippen LogP contribution in [-0.2, 0) is 6.61 Å². The van der Waals surface area contributed by atoms with E-state index in [0.717, 1.165) is 22.4 Å². The second-order valence-corrected chi connectivity index (χ2v) is 5.38. The SMILES string of the molecule is N#Cc1cccc(/C=C/c2ccccc2OCc2ccccc2)c1. The zero-order chi connectivity index (χ0) is 16.6. The molecule has 24 heavy (non-hydrogen) atoms. The van der Waals surface area contributed by atoms with Crippen LogP contribution in [0.25, 0.3) is 12.2 Å². The van der Waals surface area contributed by atoms with E-state index >= 15 is 0 Å². The minimum Gasteiger partial charge on any atom is -0.488 e. The molecule has 0 aliphatic carbocycles. The highest BCUT2D eigenvalue weighted by Gasteiger charge is 2.01. The van der Waals surface area contributed by atoms with Crippen molar-refractivity contribution < 1.29 is 4.74 Å². The molecule has 0 heterocycles. The summed E-state index contributed by atoms with van der Waals surface area (Å²) in [5, 5.41) is 8.98. The average Bonchev–Trinajstić information content (AvgIpc) is 2.66. The second-order valence-electron chi connectivity index (χ2n) is 5.38. The number of benzene rings is 3. The van der Waals surface area contributed by atoms with Crippen molar-refractivity contribution in [1.82, 2.24) is 0 Å². The zero-order valence-corrected chi connectivity index (χ0v) is 13.2. The van der Waals surface area contributed by atoms with E-state index in [4.69, 9.17) is 10.00 Å². The minimum atomic E-state index is 0.537. The van der Waals surface area contributed by atoms with Crippen LogP contribution in [0.4, 0.5) is 0 Å². The molecule has 3 aromatic carbocycles. The molecule has 2 nitrogen and oxygen atoms in total. The van der Waals surface area contributed by atoms with E-state index in [1.54, 1.807) is 6.07 Å². The molecule has 0 radical (unpaired) electrons. The number of hydrogen-bond donors (Lipinski definition) is 0. The molecule has 0 aromatic heterocycles. The van der Waals surface area contributed by atoms with Gasteiger partial charge in [-0.15, -0.1) is 0 Å². The third-order valence-electron chi connectivity index (χ3n) is 3.63. The van der Waals surface area contributed by atoms with Crippen LogP contribution in [0.1, 0.15) is 22.3 Å². The molecule has 0 atom stereocenters. The number of ether oxygens (including phenoxy) is 1. The van der Waals surface area contributed by atoms with Gasteiger partial charge in [-0.3, -0.25) is 0 Å². The fourth-order valence-corrected chi connectivity index (χ4v) is 2.38. The van der Waals surface area contributed by atoms with Gasteiger partial charge in [-0.1, -0.05) is 72.8 Å². The smallest absolute Gasteiger partial charge is 0.127 e. The molecular formula is C22H17NO. The Bertz CT molecular complexity index is 876. The standard InChI is InChI=1S/C22H17NO/c23-16-20-10-6-9-18(15-20)13-14-21-11-4-5-12-22(21)24-17-19-7-2-1-3-8-19/h1-15H,17H2/b14-13+. The van der Waals surface area contributed by atoms with E-state index in [9.17, 15) is 0 Å². The molecule has 116 valence electrons. The van der Waals surface area contributed by atoms with Crippen molar-refractivity contribution in [2.75, 3.05) is 0 Å². The first kappa shape index (κ1) is 15.6. The van der Waals surface area contributed by atoms with E-state index < -0.39 is 0 Å². The van der Waals surface area contributed by atoms with Gasteiger partial charge in [-0.2, -0.15) is 5.26 Å². The van der Waals surface area contributed by atoms with Gasteiger partial charge in [0.25, 0.3) is 0 Å². The Morgan fingerprint density at radius 3 is 2.46 bits per heavy atom. The van der Waals surface area contributed by atoms with Crippen molar-refractivity contribution in [1.29, 1.82) is 5.26 Å². The average molecular weight is 311 g/mol. The summed E-state index contributed by atoms with van der Waals surface area (Å²) in [6.07, 6.45) is 4.00. The van der Waals surface area contributed by atoms with Crippen molar-refractivity contribution in [3.63, 3.8) is 0 Å². The summed E-state index contributed by atoms with van der Waals surface area (Å²) < 4.78 is 5.95. The maximum atomic E-state index is 8.98. The molecule has 3 rings (SSSR count). The minimum absolute atomic E-state index is 0.537. The van der Waals surface area contributed by atoms with Gasteiger partial charge < -0.3 is 4.74 Å². The third-order valence-corrected chi connectivity index (χ3v) is 3.63. The van der Waals surface area contributed by atoms with Gasteiger partial charge in [0.2, 0.25) is 0 Å². The van der Waals surface area contributed by atoms with Gasteiger partial charge in [0.05, 0.1) is 11.6 Å². The Morgan fingerprint density at radius 1 is 0.833 bits per heavy atom. The summed E-state index contributed by atoms with van der Waals surface area (Å²) >= 11 is 0. The number of rotatable bonds is 5. The first-order valence-electron chi connectivity index (χ1n) is 7.79. The van der Waals surface area contributed by atoms with E-state index in [2.05, 4.69) is 6.07 Å². The van der Waals surface area contributed by atoms with Crippen LogP contribution in [0, 0.1) is 11.3 Å². The van der Waals surface area contributed by atoms with E-state index in [1.807, 2.05) is 84.9 Å². The maximum Gasteiger partial charge on any atom is 0.127 e. The summed E-state index contributed by atoms with van der Waals surface area (Å²) in [6.45, 7) is 0.537. The van der Waals surface area contributed by atoms with Crippen LogP contribution >= 0.6 is 0 Å². The van der Waals surface area contributed by atoms with Crippen molar-refractivity contribution in [3.05, 3.63) is 101 Å². The molecule has 0 aliphatic heterocycles. The Kier molecular flexibility index (Phi) is 5.07. The fraction of sp³-hybridized carbons (Fsp3) is 0.0455. The van der Waals surface area contributed by atoms with E-state index in [0.29, 0.717) is 12.2 Å². The van der Waals surface area contributed by atoms with E-state index in [1.165, 1.54) is 0 Å². The Balaban J connectivity index is 1.76. The highest BCUT2D eigenvalue weighted by atomic mass is 16.5. The molecule has 0 unspecified atom stereocenters. The summed E-state index contributed by atoms with van der Waals surface area (Å²) in [7, 11) is 0. The van der Waals surface area contributed by atoms with Crippen molar-refractivity contribution >= 4 is 12.2 Å². The molecule has 0 spiro atoms. The fourth-order valence-electron chi connectivity index (χ4n) is 2.38. The molecule has 2 heteroatoms. The number of nitrogens with zero attached hydrogens (tertiary/aromatic N) is 1. The van der Waals surface area contributed by atoms with Gasteiger partial charge in [0, 0.05) is 5.56 Å². The normalized spacial score (nSPS) is 10.5. The molecule has 0 amide bonds. The highest BCUT2D eigenvalue weighted by molar-refractivity contribution is 5.73. The van der Waals surface area contributed by atoms with Crippen LogP contribution in [0.3, 0.4) is 0 Å². The molecule has 0 saturated carbocycles. The molecule has 3 aromatic rings. The summed E-state index contributed by atoms with van der Waals surface area (Å²) in [6, 6.07) is 27.7. The first-order chi connectivity index (χ1) is 11.8. The molecule has 0 saturated heterocycles. The zero-order valence-electron chi connectivity index (χ0n) is 13.2. The lowest BCUT2D eigenvalue weighted by Gasteiger charge is -2.09. The summed E-state index contributed by atoms with van der Waals surface area (Å²) in [4.78, 5) is 0. The summed E-state index contributed by atoms with van der Waals surface area (Å²) in [5.41, 5.74) is 3.80. The lowest BCUT2D eigenvalue weighted by Crippen LogP contribution is -1.96. The first-order valence-corrected chi connectivity index (χ1v) is 7.79. The topological polar surface area (TPSA) is 33.0 Å². The maximum absolute atomic E-state index is 8.98. The monoisotopic (exact) mass is 311 g/mol. The predicted octanol–water partition coefficient (Wildman–Crippen LogP) is 5.31. The van der Waals surface area contributed by atoms with Gasteiger partial charge >= 0.3 is 0 Å². The molecule has 0 aliphatic rings. The van der Waals surface area contributed by atoms with Crippen LogP contribution in [0.15, 0.2) is 78.9 Å². The lowest BCUT2D eigenvalue weighted by atomic mass is 10.1. The Labute approximate surface area is 142 Å².